The predicted molar refractivity (Wildman–Crippen MR) is 138 cm³/mol. The van der Waals surface area contributed by atoms with E-state index in [0.717, 1.165) is 0 Å². The molecule has 0 saturated heterocycles. The minimum atomic E-state index is -1.56. The summed E-state index contributed by atoms with van der Waals surface area (Å²) in [5.74, 6) is -6.39. The number of primary amides is 1. The first-order valence-corrected chi connectivity index (χ1v) is 11.9. The number of carboxylic acid groups (broad SMARTS) is 2. The highest BCUT2D eigenvalue weighted by Crippen LogP contribution is 2.07. The van der Waals surface area contributed by atoms with Gasteiger partial charge >= 0.3 is 11.9 Å². The fourth-order valence-electron chi connectivity index (χ4n) is 3.62. The van der Waals surface area contributed by atoms with Crippen LogP contribution in [0.2, 0.25) is 0 Å². The van der Waals surface area contributed by atoms with Gasteiger partial charge in [0.1, 0.15) is 18.1 Å². The number of hydrogen-bond acceptors (Lipinski definition) is 7. The average molecular weight is 542 g/mol. The molecule has 2 aromatic rings. The zero-order valence-electron chi connectivity index (χ0n) is 20.9. The number of nitrogens with one attached hydrogen (secondary N) is 3. The van der Waals surface area contributed by atoms with Gasteiger partial charge in [-0.15, -0.1) is 0 Å². The van der Waals surface area contributed by atoms with E-state index in [-0.39, 0.29) is 12.8 Å². The predicted octanol–water partition coefficient (Wildman–Crippen LogP) is -1.31. The van der Waals surface area contributed by atoms with Crippen LogP contribution in [0.25, 0.3) is 0 Å². The Bertz CT molecular complexity index is 1180. The summed E-state index contributed by atoms with van der Waals surface area (Å²) in [4.78, 5) is 73.0. The van der Waals surface area contributed by atoms with Crippen molar-refractivity contribution in [3.05, 3.63) is 71.8 Å². The molecule has 0 aromatic heterocycles. The topological polar surface area (TPSA) is 231 Å². The van der Waals surface area contributed by atoms with E-state index in [2.05, 4.69) is 16.0 Å². The lowest BCUT2D eigenvalue weighted by Crippen LogP contribution is -2.58. The first-order chi connectivity index (χ1) is 18.5. The molecule has 0 spiro atoms. The Morgan fingerprint density at radius 3 is 1.54 bits per heavy atom. The average Bonchev–Trinajstić information content (AvgIpc) is 2.87. The summed E-state index contributed by atoms with van der Waals surface area (Å²) in [5, 5.41) is 25.5. The first kappa shape index (κ1) is 30.4. The Morgan fingerprint density at radius 2 is 1.08 bits per heavy atom. The van der Waals surface area contributed by atoms with E-state index in [1.807, 2.05) is 0 Å². The highest BCUT2D eigenvalue weighted by Gasteiger charge is 2.31. The van der Waals surface area contributed by atoms with Crippen molar-refractivity contribution in [1.82, 2.24) is 16.0 Å². The van der Waals surface area contributed by atoms with Gasteiger partial charge in [-0.3, -0.25) is 24.0 Å². The summed E-state index contributed by atoms with van der Waals surface area (Å²) >= 11 is 0. The molecule has 0 aliphatic carbocycles. The standard InChI is InChI=1S/C26H31N5O8/c27-17(13-22(33)34)23(35)29-18(11-15-7-3-1-4-8-15)24(36)30-19(14-21(28)32)25(37)31-20(26(38)39)12-16-9-5-2-6-10-16/h1-10,17-20H,11-14,27H2,(H2,28,32)(H,29,35)(H,30,36)(H,31,37)(H,33,34)(H,38,39). The lowest BCUT2D eigenvalue weighted by molar-refractivity contribution is -0.142. The Balaban J connectivity index is 2.22. The van der Waals surface area contributed by atoms with Crippen LogP contribution in [0, 0.1) is 0 Å². The molecule has 4 atom stereocenters. The van der Waals surface area contributed by atoms with Crippen molar-refractivity contribution in [2.75, 3.05) is 0 Å². The van der Waals surface area contributed by atoms with Crippen LogP contribution in [0.15, 0.2) is 60.7 Å². The second kappa shape index (κ2) is 14.8. The van der Waals surface area contributed by atoms with Crippen molar-refractivity contribution in [2.24, 2.45) is 11.5 Å². The molecule has 39 heavy (non-hydrogen) atoms. The van der Waals surface area contributed by atoms with Gasteiger partial charge in [0.05, 0.1) is 18.9 Å². The molecule has 13 heteroatoms. The van der Waals surface area contributed by atoms with Crippen molar-refractivity contribution >= 4 is 35.6 Å². The van der Waals surface area contributed by atoms with Crippen LogP contribution in [0.1, 0.15) is 24.0 Å². The van der Waals surface area contributed by atoms with E-state index in [1.54, 1.807) is 60.7 Å². The lowest BCUT2D eigenvalue weighted by Gasteiger charge is -2.25. The fraction of sp³-hybridized carbons (Fsp3) is 0.308. The van der Waals surface area contributed by atoms with Gasteiger partial charge in [0.2, 0.25) is 23.6 Å². The van der Waals surface area contributed by atoms with Gasteiger partial charge in [0.25, 0.3) is 0 Å². The van der Waals surface area contributed by atoms with Crippen molar-refractivity contribution in [1.29, 1.82) is 0 Å². The van der Waals surface area contributed by atoms with E-state index in [0.29, 0.717) is 11.1 Å². The Kier molecular flexibility index (Phi) is 11.6. The highest BCUT2D eigenvalue weighted by atomic mass is 16.4. The molecule has 0 saturated carbocycles. The van der Waals surface area contributed by atoms with Crippen LogP contribution < -0.4 is 27.4 Å². The number of nitrogens with two attached hydrogens (primary N) is 2. The molecular formula is C26H31N5O8. The molecular weight excluding hydrogens is 510 g/mol. The third kappa shape index (κ3) is 10.6. The highest BCUT2D eigenvalue weighted by molar-refractivity contribution is 5.96. The second-order valence-corrected chi connectivity index (χ2v) is 8.78. The molecule has 4 amide bonds. The van der Waals surface area contributed by atoms with Crippen molar-refractivity contribution < 1.29 is 39.0 Å². The Labute approximate surface area is 223 Å². The number of amides is 4. The maximum absolute atomic E-state index is 13.2. The van der Waals surface area contributed by atoms with Crippen molar-refractivity contribution in [3.63, 3.8) is 0 Å². The molecule has 0 heterocycles. The number of hydrogen-bond donors (Lipinski definition) is 7. The lowest BCUT2D eigenvalue weighted by atomic mass is 10.0. The molecule has 0 aliphatic rings. The molecule has 9 N–H and O–H groups in total. The van der Waals surface area contributed by atoms with E-state index >= 15 is 0 Å². The fourth-order valence-corrected chi connectivity index (χ4v) is 3.62. The Hall–Kier alpha value is -4.78. The number of aliphatic carboxylic acids is 2. The summed E-state index contributed by atoms with van der Waals surface area (Å²) in [6.07, 6.45) is -1.46. The van der Waals surface area contributed by atoms with E-state index < -0.39 is 72.6 Å². The quantitative estimate of drug-likeness (QED) is 0.142. The van der Waals surface area contributed by atoms with E-state index in [9.17, 15) is 33.9 Å². The third-order valence-corrected chi connectivity index (χ3v) is 5.58. The van der Waals surface area contributed by atoms with Gasteiger partial charge in [-0.2, -0.15) is 0 Å². The second-order valence-electron chi connectivity index (χ2n) is 8.78. The number of rotatable bonds is 15. The molecule has 2 rings (SSSR count). The van der Waals surface area contributed by atoms with E-state index in [1.165, 1.54) is 0 Å². The minimum absolute atomic E-state index is 0.0606. The maximum Gasteiger partial charge on any atom is 0.326 e. The monoisotopic (exact) mass is 541 g/mol. The molecule has 0 aliphatic heterocycles. The summed E-state index contributed by atoms with van der Waals surface area (Å²) < 4.78 is 0. The van der Waals surface area contributed by atoms with Crippen LogP contribution in [-0.4, -0.2) is 69.9 Å². The summed E-state index contributed by atoms with van der Waals surface area (Å²) in [5.41, 5.74) is 12.1. The van der Waals surface area contributed by atoms with Crippen molar-refractivity contribution in [2.45, 2.75) is 49.9 Å². The molecule has 4 unspecified atom stereocenters. The number of carbonyl (C=O) groups is 6. The number of carbonyl (C=O) groups excluding carboxylic acids is 4. The zero-order chi connectivity index (χ0) is 28.9. The maximum atomic E-state index is 13.2. The van der Waals surface area contributed by atoms with E-state index in [4.69, 9.17) is 16.6 Å². The molecule has 208 valence electrons. The third-order valence-electron chi connectivity index (χ3n) is 5.58. The first-order valence-electron chi connectivity index (χ1n) is 11.9. The Morgan fingerprint density at radius 1 is 0.641 bits per heavy atom. The van der Waals surface area contributed by atoms with Crippen LogP contribution in [0.5, 0.6) is 0 Å². The molecule has 0 bridgehead atoms. The summed E-state index contributed by atoms with van der Waals surface area (Å²) in [6.45, 7) is 0. The van der Waals surface area contributed by atoms with Gasteiger partial charge in [0, 0.05) is 12.8 Å². The molecule has 0 radical (unpaired) electrons. The van der Waals surface area contributed by atoms with Crippen LogP contribution >= 0.6 is 0 Å². The van der Waals surface area contributed by atoms with Crippen LogP contribution in [-0.2, 0) is 41.6 Å². The van der Waals surface area contributed by atoms with Crippen molar-refractivity contribution in [3.8, 4) is 0 Å². The zero-order valence-corrected chi connectivity index (χ0v) is 20.9. The van der Waals surface area contributed by atoms with Crippen LogP contribution in [0.3, 0.4) is 0 Å². The smallest absolute Gasteiger partial charge is 0.326 e. The van der Waals surface area contributed by atoms with Gasteiger partial charge in [0.15, 0.2) is 0 Å². The van der Waals surface area contributed by atoms with Gasteiger partial charge < -0.3 is 37.6 Å². The van der Waals surface area contributed by atoms with Gasteiger partial charge in [-0.25, -0.2) is 4.79 Å². The van der Waals surface area contributed by atoms with Gasteiger partial charge in [-0.05, 0) is 11.1 Å². The normalized spacial score (nSPS) is 13.7. The molecule has 13 nitrogen and oxygen atoms in total. The largest absolute Gasteiger partial charge is 0.481 e. The minimum Gasteiger partial charge on any atom is -0.481 e. The molecule has 2 aromatic carbocycles. The van der Waals surface area contributed by atoms with Crippen LogP contribution in [0.4, 0.5) is 0 Å². The van der Waals surface area contributed by atoms with Gasteiger partial charge in [-0.1, -0.05) is 60.7 Å². The SMILES string of the molecule is NC(=O)CC(NC(=O)C(Cc1ccccc1)NC(=O)C(N)CC(=O)O)C(=O)NC(Cc1ccccc1)C(=O)O. The number of carboxylic acids is 2. The summed E-state index contributed by atoms with van der Waals surface area (Å²) in [6, 6.07) is 11.3. The number of benzene rings is 2. The molecule has 0 fully saturated rings. The summed E-state index contributed by atoms with van der Waals surface area (Å²) in [7, 11) is 0.